The number of nitrogens with two attached hydrogens (primary N) is 2. The largest absolute Gasteiger partial charge is 0.468 e. The van der Waals surface area contributed by atoms with Gasteiger partial charge in [0, 0.05) is 30.1 Å². The van der Waals surface area contributed by atoms with Crippen LogP contribution >= 0.6 is 0 Å². The molecule has 1 aromatic heterocycles. The smallest absolute Gasteiger partial charge is 0.322 e. The number of aromatic nitrogens is 1. The minimum atomic E-state index is -0.728. The zero-order valence-corrected chi connectivity index (χ0v) is 19.8. The molecule has 0 fully saturated rings. The molecule has 2 heterocycles. The Balaban J connectivity index is 1.67. The lowest BCUT2D eigenvalue weighted by atomic mass is 9.88. The number of methoxy groups -OCH3 is 2. The third kappa shape index (κ3) is 4.38. The highest BCUT2D eigenvalue weighted by Crippen LogP contribution is 2.39. The SMILES string of the molecule is COC(=O)C(N)CC1=CN(C(C)n2cc(CC(N)C(=O)OC)c3ccccc32)C2C=CC=CC12. The fourth-order valence-electron chi connectivity index (χ4n) is 4.99. The van der Waals surface area contributed by atoms with Crippen LogP contribution in [-0.2, 0) is 25.5 Å². The molecule has 5 atom stereocenters. The van der Waals surface area contributed by atoms with Crippen molar-refractivity contribution in [1.82, 2.24) is 9.47 Å². The standard InChI is InChI=1S/C26H32N4O4/c1-16(29-14-17(12-21(27)25(31)33-2)19-8-4-6-10-23(19)29)30-15-18(13-22(28)26(32)34-3)20-9-5-7-11-24(20)30/h4-11,14-16,19,21-23H,12-13,27-28H2,1-3H3. The van der Waals surface area contributed by atoms with E-state index in [1.165, 1.54) is 14.2 Å². The van der Waals surface area contributed by atoms with Gasteiger partial charge in [0.05, 0.1) is 25.8 Å². The molecule has 0 amide bonds. The summed E-state index contributed by atoms with van der Waals surface area (Å²) in [6, 6.07) is 6.78. The molecule has 8 heteroatoms. The highest BCUT2D eigenvalue weighted by Gasteiger charge is 2.37. The van der Waals surface area contributed by atoms with Crippen LogP contribution in [0.1, 0.15) is 25.1 Å². The monoisotopic (exact) mass is 464 g/mol. The molecule has 1 aliphatic carbocycles. The van der Waals surface area contributed by atoms with Crippen molar-refractivity contribution in [2.24, 2.45) is 17.4 Å². The first kappa shape index (κ1) is 23.8. The van der Waals surface area contributed by atoms with Gasteiger partial charge in [-0.3, -0.25) is 9.59 Å². The number of nitrogens with zero attached hydrogens (tertiary/aromatic N) is 2. The van der Waals surface area contributed by atoms with Gasteiger partial charge in [0.1, 0.15) is 18.2 Å². The molecule has 0 spiro atoms. The van der Waals surface area contributed by atoms with Crippen molar-refractivity contribution in [3.05, 3.63) is 72.1 Å². The maximum atomic E-state index is 11.9. The van der Waals surface area contributed by atoms with E-state index in [1.54, 1.807) is 0 Å². The lowest BCUT2D eigenvalue weighted by Crippen LogP contribution is -2.36. The molecule has 2 aliphatic rings. The summed E-state index contributed by atoms with van der Waals surface area (Å²) >= 11 is 0. The van der Waals surface area contributed by atoms with Gasteiger partial charge in [-0.1, -0.05) is 42.5 Å². The number of fused-ring (bicyclic) bond motifs is 2. The third-order valence-corrected chi connectivity index (χ3v) is 6.75. The second kappa shape index (κ2) is 9.87. The molecule has 0 saturated carbocycles. The fourth-order valence-corrected chi connectivity index (χ4v) is 4.99. The summed E-state index contributed by atoms with van der Waals surface area (Å²) in [6.45, 7) is 2.14. The number of carbonyl (C=O) groups excluding carboxylic acids is 2. The molecule has 2 aromatic rings. The Kier molecular flexibility index (Phi) is 6.90. The number of esters is 2. The van der Waals surface area contributed by atoms with Crippen LogP contribution in [0, 0.1) is 5.92 Å². The molecule has 4 N–H and O–H groups in total. The summed E-state index contributed by atoms with van der Waals surface area (Å²) in [5.41, 5.74) is 15.3. The number of hydrogen-bond donors (Lipinski definition) is 2. The Morgan fingerprint density at radius 2 is 1.65 bits per heavy atom. The van der Waals surface area contributed by atoms with Gasteiger partial charge < -0.3 is 30.4 Å². The first-order valence-corrected chi connectivity index (χ1v) is 11.4. The molecule has 34 heavy (non-hydrogen) atoms. The summed E-state index contributed by atoms with van der Waals surface area (Å²) in [6.07, 6.45) is 13.4. The molecule has 1 aromatic carbocycles. The first-order chi connectivity index (χ1) is 16.3. The van der Waals surface area contributed by atoms with E-state index in [1.807, 2.05) is 30.4 Å². The molecule has 1 aliphatic heterocycles. The Labute approximate surface area is 199 Å². The zero-order valence-electron chi connectivity index (χ0n) is 19.8. The van der Waals surface area contributed by atoms with Crippen molar-refractivity contribution >= 4 is 22.8 Å². The maximum Gasteiger partial charge on any atom is 0.322 e. The Morgan fingerprint density at radius 1 is 1.00 bits per heavy atom. The molecule has 0 bridgehead atoms. The lowest BCUT2D eigenvalue weighted by molar-refractivity contribution is -0.142. The summed E-state index contributed by atoms with van der Waals surface area (Å²) in [5.74, 6) is -0.708. The van der Waals surface area contributed by atoms with Crippen LogP contribution in [0.4, 0.5) is 0 Å². The van der Waals surface area contributed by atoms with Gasteiger partial charge >= 0.3 is 11.9 Å². The predicted octanol–water partition coefficient (Wildman–Crippen LogP) is 2.40. The molecule has 8 nitrogen and oxygen atoms in total. The zero-order chi connectivity index (χ0) is 24.4. The fraction of sp³-hybridized carbons (Fsp3) is 0.385. The number of para-hydroxylation sites is 1. The number of carbonyl (C=O) groups is 2. The van der Waals surface area contributed by atoms with Gasteiger partial charge in [0.2, 0.25) is 0 Å². The number of rotatable bonds is 8. The van der Waals surface area contributed by atoms with E-state index in [4.69, 9.17) is 20.9 Å². The van der Waals surface area contributed by atoms with Gasteiger partial charge in [0.25, 0.3) is 0 Å². The van der Waals surface area contributed by atoms with Crippen molar-refractivity contribution in [2.45, 2.75) is 44.1 Å². The topological polar surface area (TPSA) is 113 Å². The van der Waals surface area contributed by atoms with Crippen LogP contribution in [0.3, 0.4) is 0 Å². The average Bonchev–Trinajstić information content (AvgIpc) is 3.41. The van der Waals surface area contributed by atoms with Crippen molar-refractivity contribution in [1.29, 1.82) is 0 Å². The summed E-state index contributed by atoms with van der Waals surface area (Å²) in [4.78, 5) is 26.2. The number of ether oxygens (including phenoxy) is 2. The average molecular weight is 465 g/mol. The second-order valence-corrected chi connectivity index (χ2v) is 8.82. The van der Waals surface area contributed by atoms with Crippen LogP contribution < -0.4 is 11.5 Å². The predicted molar refractivity (Wildman–Crippen MR) is 130 cm³/mol. The summed E-state index contributed by atoms with van der Waals surface area (Å²) < 4.78 is 11.8. The number of benzene rings is 1. The molecule has 0 radical (unpaired) electrons. The van der Waals surface area contributed by atoms with E-state index in [0.29, 0.717) is 12.8 Å². The third-order valence-electron chi connectivity index (χ3n) is 6.75. The van der Waals surface area contributed by atoms with E-state index in [0.717, 1.165) is 22.0 Å². The van der Waals surface area contributed by atoms with Gasteiger partial charge in [-0.05, 0) is 30.5 Å². The Bertz CT molecular complexity index is 1160. The normalized spacial score (nSPS) is 21.7. The molecule has 5 unspecified atom stereocenters. The molecule has 0 saturated heterocycles. The summed E-state index contributed by atoms with van der Waals surface area (Å²) in [7, 11) is 2.70. The van der Waals surface area contributed by atoms with Crippen molar-refractivity contribution in [3.8, 4) is 0 Å². The van der Waals surface area contributed by atoms with Crippen LogP contribution in [0.15, 0.2) is 66.5 Å². The Morgan fingerprint density at radius 3 is 2.35 bits per heavy atom. The molecular formula is C26H32N4O4. The lowest BCUT2D eigenvalue weighted by Gasteiger charge is -2.34. The van der Waals surface area contributed by atoms with Crippen molar-refractivity contribution in [2.75, 3.05) is 14.2 Å². The Hall–Kier alpha value is -3.36. The quantitative estimate of drug-likeness (QED) is 0.577. The van der Waals surface area contributed by atoms with Crippen molar-refractivity contribution in [3.63, 3.8) is 0 Å². The number of hydrogen-bond acceptors (Lipinski definition) is 7. The first-order valence-electron chi connectivity index (χ1n) is 11.4. The van der Waals surface area contributed by atoms with Crippen LogP contribution in [0.25, 0.3) is 10.9 Å². The van der Waals surface area contributed by atoms with Crippen LogP contribution in [0.2, 0.25) is 0 Å². The van der Waals surface area contributed by atoms with Gasteiger partial charge in [-0.2, -0.15) is 0 Å². The number of allylic oxidation sites excluding steroid dienone is 2. The highest BCUT2D eigenvalue weighted by molar-refractivity contribution is 5.85. The van der Waals surface area contributed by atoms with E-state index in [9.17, 15) is 9.59 Å². The minimum Gasteiger partial charge on any atom is -0.468 e. The van der Waals surface area contributed by atoms with Gasteiger partial charge in [0.15, 0.2) is 0 Å². The van der Waals surface area contributed by atoms with Gasteiger partial charge in [-0.15, -0.1) is 0 Å². The highest BCUT2D eigenvalue weighted by atomic mass is 16.5. The van der Waals surface area contributed by atoms with E-state index in [2.05, 4.69) is 47.0 Å². The van der Waals surface area contributed by atoms with Crippen LogP contribution in [-0.4, -0.2) is 53.8 Å². The van der Waals surface area contributed by atoms with Crippen LogP contribution in [0.5, 0.6) is 0 Å². The molecule has 4 rings (SSSR count). The second-order valence-electron chi connectivity index (χ2n) is 8.82. The summed E-state index contributed by atoms with van der Waals surface area (Å²) in [5, 5.41) is 1.06. The van der Waals surface area contributed by atoms with E-state index >= 15 is 0 Å². The molecular weight excluding hydrogens is 432 g/mol. The minimum absolute atomic E-state index is 0.0384. The maximum absolute atomic E-state index is 11.9. The molecule has 180 valence electrons. The van der Waals surface area contributed by atoms with Gasteiger partial charge in [-0.25, -0.2) is 0 Å². The van der Waals surface area contributed by atoms with Crippen molar-refractivity contribution < 1.29 is 19.1 Å². The van der Waals surface area contributed by atoms with E-state index in [-0.39, 0.29) is 18.1 Å². The van der Waals surface area contributed by atoms with E-state index < -0.39 is 24.0 Å².